The first kappa shape index (κ1) is 14.5. The van der Waals surface area contributed by atoms with E-state index < -0.39 is 11.7 Å². The van der Waals surface area contributed by atoms with E-state index >= 15 is 0 Å². The summed E-state index contributed by atoms with van der Waals surface area (Å²) in [5.41, 5.74) is 0.539. The summed E-state index contributed by atoms with van der Waals surface area (Å²) in [4.78, 5) is 16.1. The summed E-state index contributed by atoms with van der Waals surface area (Å²) in [7, 11) is 0. The van der Waals surface area contributed by atoms with Gasteiger partial charge in [-0.3, -0.25) is 4.79 Å². The van der Waals surface area contributed by atoms with Crippen LogP contribution in [-0.2, 0) is 0 Å². The van der Waals surface area contributed by atoms with Gasteiger partial charge in [0.1, 0.15) is 11.6 Å². The van der Waals surface area contributed by atoms with Gasteiger partial charge in [0.05, 0.1) is 22.9 Å². The maximum Gasteiger partial charge on any atom is 0.257 e. The van der Waals surface area contributed by atoms with Gasteiger partial charge in [-0.25, -0.2) is 9.37 Å². The van der Waals surface area contributed by atoms with Gasteiger partial charge in [-0.1, -0.05) is 0 Å². The number of carbonyl (C=O) groups is 1. The van der Waals surface area contributed by atoms with Crippen molar-refractivity contribution >= 4 is 17.4 Å². The summed E-state index contributed by atoms with van der Waals surface area (Å²) < 4.78 is 13.7. The quantitative estimate of drug-likeness (QED) is 0.905. The molecule has 1 aromatic heterocycles. The number of anilines is 2. The Labute approximate surface area is 121 Å². The van der Waals surface area contributed by atoms with Crippen molar-refractivity contribution in [2.75, 3.05) is 17.2 Å². The maximum absolute atomic E-state index is 13.7. The Hall–Kier alpha value is -2.94. The number of nitriles is 1. The van der Waals surface area contributed by atoms with Crippen molar-refractivity contribution in [2.24, 2.45) is 0 Å². The molecule has 5 nitrogen and oxygen atoms in total. The molecule has 1 heterocycles. The zero-order valence-electron chi connectivity index (χ0n) is 11.4. The van der Waals surface area contributed by atoms with Crippen LogP contribution in [0, 0.1) is 17.1 Å². The molecule has 0 saturated heterocycles. The lowest BCUT2D eigenvalue weighted by molar-refractivity contribution is 0.102. The van der Waals surface area contributed by atoms with E-state index in [1.807, 2.05) is 13.0 Å². The fourth-order valence-electron chi connectivity index (χ4n) is 1.69. The van der Waals surface area contributed by atoms with Crippen molar-refractivity contribution < 1.29 is 9.18 Å². The molecule has 0 aliphatic rings. The highest BCUT2D eigenvalue weighted by Gasteiger charge is 2.10. The number of hydrogen-bond acceptors (Lipinski definition) is 4. The molecule has 2 rings (SSSR count). The average molecular weight is 284 g/mol. The van der Waals surface area contributed by atoms with Gasteiger partial charge in [-0.15, -0.1) is 0 Å². The van der Waals surface area contributed by atoms with E-state index in [1.165, 1.54) is 18.3 Å². The SMILES string of the molecule is CCNc1ccc(C(=O)Nc2ccc(C#N)cc2F)cn1. The van der Waals surface area contributed by atoms with Crippen molar-refractivity contribution in [2.45, 2.75) is 6.92 Å². The van der Waals surface area contributed by atoms with E-state index in [0.29, 0.717) is 11.4 Å². The predicted molar refractivity (Wildman–Crippen MR) is 77.5 cm³/mol. The Morgan fingerprint density at radius 3 is 2.76 bits per heavy atom. The number of carbonyl (C=O) groups excluding carboxylic acids is 1. The van der Waals surface area contributed by atoms with E-state index in [1.54, 1.807) is 12.1 Å². The highest BCUT2D eigenvalue weighted by molar-refractivity contribution is 6.04. The number of halogens is 1. The van der Waals surface area contributed by atoms with Gasteiger partial charge in [-0.2, -0.15) is 5.26 Å². The molecule has 0 bridgehead atoms. The lowest BCUT2D eigenvalue weighted by Gasteiger charge is -2.07. The van der Waals surface area contributed by atoms with Crippen LogP contribution in [0.25, 0.3) is 0 Å². The Balaban J connectivity index is 2.12. The van der Waals surface area contributed by atoms with Crippen molar-refractivity contribution in [1.82, 2.24) is 4.98 Å². The van der Waals surface area contributed by atoms with Gasteiger partial charge < -0.3 is 10.6 Å². The molecule has 0 radical (unpaired) electrons. The lowest BCUT2D eigenvalue weighted by atomic mass is 10.2. The molecule has 6 heteroatoms. The van der Waals surface area contributed by atoms with Crippen LogP contribution in [0.4, 0.5) is 15.9 Å². The third kappa shape index (κ3) is 3.54. The van der Waals surface area contributed by atoms with E-state index in [2.05, 4.69) is 15.6 Å². The number of hydrogen-bond donors (Lipinski definition) is 2. The fourth-order valence-corrected chi connectivity index (χ4v) is 1.69. The van der Waals surface area contributed by atoms with Crippen molar-refractivity contribution in [3.8, 4) is 6.07 Å². The van der Waals surface area contributed by atoms with E-state index in [4.69, 9.17) is 5.26 Å². The summed E-state index contributed by atoms with van der Waals surface area (Å²) in [5, 5.41) is 14.1. The average Bonchev–Trinajstić information content (AvgIpc) is 2.50. The van der Waals surface area contributed by atoms with Crippen LogP contribution >= 0.6 is 0 Å². The largest absolute Gasteiger partial charge is 0.370 e. The van der Waals surface area contributed by atoms with Gasteiger partial charge in [-0.05, 0) is 37.3 Å². The van der Waals surface area contributed by atoms with E-state index in [0.717, 1.165) is 12.6 Å². The summed E-state index contributed by atoms with van der Waals surface area (Å²) >= 11 is 0. The normalized spacial score (nSPS) is 9.76. The number of aromatic nitrogens is 1. The van der Waals surface area contributed by atoms with Crippen LogP contribution in [-0.4, -0.2) is 17.4 Å². The number of amides is 1. The molecule has 0 fully saturated rings. The van der Waals surface area contributed by atoms with Gasteiger partial charge in [0.15, 0.2) is 0 Å². The highest BCUT2D eigenvalue weighted by Crippen LogP contribution is 2.16. The van der Waals surface area contributed by atoms with Crippen molar-refractivity contribution in [3.05, 3.63) is 53.5 Å². The summed E-state index contributed by atoms with van der Waals surface area (Å²) in [6.45, 7) is 2.67. The van der Waals surface area contributed by atoms with Crippen LogP contribution in [0.3, 0.4) is 0 Å². The predicted octanol–water partition coefficient (Wildman–Crippen LogP) is 2.78. The van der Waals surface area contributed by atoms with Gasteiger partial charge in [0, 0.05) is 12.7 Å². The second-order valence-corrected chi connectivity index (χ2v) is 4.22. The Bertz CT molecular complexity index is 692. The molecular weight excluding hydrogens is 271 g/mol. The first-order valence-corrected chi connectivity index (χ1v) is 6.35. The van der Waals surface area contributed by atoms with Crippen LogP contribution in [0.1, 0.15) is 22.8 Å². The van der Waals surface area contributed by atoms with Crippen LogP contribution in [0.5, 0.6) is 0 Å². The minimum atomic E-state index is -0.653. The third-order valence-corrected chi connectivity index (χ3v) is 2.73. The van der Waals surface area contributed by atoms with Crippen LogP contribution in [0.2, 0.25) is 0 Å². The monoisotopic (exact) mass is 284 g/mol. The molecule has 0 saturated carbocycles. The minimum Gasteiger partial charge on any atom is -0.370 e. The Kier molecular flexibility index (Phi) is 4.46. The number of benzene rings is 1. The fraction of sp³-hybridized carbons (Fsp3) is 0.133. The summed E-state index contributed by atoms with van der Waals surface area (Å²) in [6, 6.07) is 8.96. The molecule has 0 aliphatic carbocycles. The smallest absolute Gasteiger partial charge is 0.257 e. The number of nitrogens with zero attached hydrogens (tertiary/aromatic N) is 2. The Morgan fingerprint density at radius 2 is 2.19 bits per heavy atom. The second-order valence-electron chi connectivity index (χ2n) is 4.22. The molecule has 21 heavy (non-hydrogen) atoms. The molecule has 2 aromatic rings. The molecule has 2 N–H and O–H groups in total. The summed E-state index contributed by atoms with van der Waals surface area (Å²) in [6.07, 6.45) is 1.41. The summed E-state index contributed by atoms with van der Waals surface area (Å²) in [5.74, 6) is -0.451. The molecule has 0 aliphatic heterocycles. The van der Waals surface area contributed by atoms with Gasteiger partial charge >= 0.3 is 0 Å². The van der Waals surface area contributed by atoms with Crippen LogP contribution < -0.4 is 10.6 Å². The zero-order chi connectivity index (χ0) is 15.2. The van der Waals surface area contributed by atoms with Crippen LogP contribution in [0.15, 0.2) is 36.5 Å². The maximum atomic E-state index is 13.7. The van der Waals surface area contributed by atoms with E-state index in [-0.39, 0.29) is 11.3 Å². The second kappa shape index (κ2) is 6.48. The first-order valence-electron chi connectivity index (χ1n) is 6.35. The topological polar surface area (TPSA) is 77.8 Å². The zero-order valence-corrected chi connectivity index (χ0v) is 11.4. The molecular formula is C15H13FN4O. The molecule has 0 unspecified atom stereocenters. The number of rotatable bonds is 4. The number of nitrogens with one attached hydrogen (secondary N) is 2. The van der Waals surface area contributed by atoms with Gasteiger partial charge in [0.25, 0.3) is 5.91 Å². The van der Waals surface area contributed by atoms with E-state index in [9.17, 15) is 9.18 Å². The van der Waals surface area contributed by atoms with Gasteiger partial charge in [0.2, 0.25) is 0 Å². The number of pyridine rings is 1. The highest BCUT2D eigenvalue weighted by atomic mass is 19.1. The first-order chi connectivity index (χ1) is 10.1. The molecule has 1 aromatic carbocycles. The Morgan fingerprint density at radius 1 is 1.38 bits per heavy atom. The molecule has 0 spiro atoms. The van der Waals surface area contributed by atoms with Crippen molar-refractivity contribution in [1.29, 1.82) is 5.26 Å². The van der Waals surface area contributed by atoms with Crippen molar-refractivity contribution in [3.63, 3.8) is 0 Å². The molecule has 106 valence electrons. The standard InChI is InChI=1S/C15H13FN4O/c1-2-18-14-6-4-11(9-19-14)15(21)20-13-5-3-10(8-17)7-12(13)16/h3-7,9H,2H2,1H3,(H,18,19)(H,20,21). The minimum absolute atomic E-state index is 0.0229. The molecule has 1 amide bonds. The third-order valence-electron chi connectivity index (χ3n) is 2.73. The molecule has 0 atom stereocenters. The lowest BCUT2D eigenvalue weighted by Crippen LogP contribution is -2.13.